The fourth-order valence-electron chi connectivity index (χ4n) is 3.95. The van der Waals surface area contributed by atoms with Gasteiger partial charge in [0.25, 0.3) is 0 Å². The first-order valence-electron chi connectivity index (χ1n) is 10.6. The van der Waals surface area contributed by atoms with Crippen LogP contribution in [0.2, 0.25) is 0 Å². The van der Waals surface area contributed by atoms with Crippen molar-refractivity contribution in [1.82, 2.24) is 0 Å². The van der Waals surface area contributed by atoms with Crippen LogP contribution in [0.1, 0.15) is 0 Å². The van der Waals surface area contributed by atoms with Gasteiger partial charge in [0.05, 0.1) is 19.8 Å². The van der Waals surface area contributed by atoms with E-state index < -0.39 is 112 Å². The molecule has 0 unspecified atom stereocenters. The molecule has 200 valence electrons. The molecule has 16 nitrogen and oxygen atoms in total. The van der Waals surface area contributed by atoms with E-state index in [1.807, 2.05) is 0 Å². The number of aliphatic hydroxyl groups excluding tert-OH is 11. The van der Waals surface area contributed by atoms with Crippen molar-refractivity contribution in [3.63, 3.8) is 0 Å². The van der Waals surface area contributed by atoms with Crippen molar-refractivity contribution < 1.29 is 79.9 Å². The lowest BCUT2D eigenvalue weighted by atomic mass is 9.97. The maximum absolute atomic E-state index is 10.3. The summed E-state index contributed by atoms with van der Waals surface area (Å²) in [6, 6.07) is 0. The van der Waals surface area contributed by atoms with Gasteiger partial charge in [-0.05, 0) is 0 Å². The highest BCUT2D eigenvalue weighted by Crippen LogP contribution is 2.29. The van der Waals surface area contributed by atoms with E-state index in [4.69, 9.17) is 23.7 Å². The van der Waals surface area contributed by atoms with E-state index in [0.717, 1.165) is 0 Å². The van der Waals surface area contributed by atoms with Crippen LogP contribution in [0.3, 0.4) is 0 Å². The standard InChI is InChI=1S/C18H32O16/c19-1-4-7(21)9(23)13(27)17(32-4)30-3-6-8(22)10(24)14(28)18(33-6)34-15-5(2-20)31-16(29)12(26)11(15)25/h4-29H,1-3H2/t4-,5-,6-,7-,8+,9+,10+,11-,12-,13-,14-,15-,16+,17-,18+/m1/s1. The van der Waals surface area contributed by atoms with Gasteiger partial charge in [-0.25, -0.2) is 0 Å². The van der Waals surface area contributed by atoms with Crippen LogP contribution < -0.4 is 0 Å². The van der Waals surface area contributed by atoms with Crippen LogP contribution in [0.5, 0.6) is 0 Å². The van der Waals surface area contributed by atoms with Crippen molar-refractivity contribution >= 4 is 0 Å². The van der Waals surface area contributed by atoms with E-state index in [2.05, 4.69) is 0 Å². The smallest absolute Gasteiger partial charge is 0.187 e. The summed E-state index contributed by atoms with van der Waals surface area (Å²) in [4.78, 5) is 0. The molecule has 11 N–H and O–H groups in total. The van der Waals surface area contributed by atoms with E-state index in [1.165, 1.54) is 0 Å². The number of rotatable bonds is 7. The average molecular weight is 504 g/mol. The van der Waals surface area contributed by atoms with Gasteiger partial charge in [0.1, 0.15) is 73.2 Å². The Morgan fingerprint density at radius 1 is 0.500 bits per heavy atom. The second kappa shape index (κ2) is 11.6. The summed E-state index contributed by atoms with van der Waals surface area (Å²) in [6.45, 7) is -2.07. The molecular weight excluding hydrogens is 472 g/mol. The fourth-order valence-corrected chi connectivity index (χ4v) is 3.95. The SMILES string of the molecule is OC[C@H]1O[C@@H](OC[C@H]2O[C@@H](O[C@H]3[C@H](O)[C@@H](O)[C@@H](O)O[C@@H]3CO)[C@H](O)[C@@H](O)[C@H]2O)[C@H](O)[C@@H](O)[C@@H]1O. The topological polar surface area (TPSA) is 269 Å². The van der Waals surface area contributed by atoms with E-state index in [0.29, 0.717) is 0 Å². The molecule has 3 aliphatic rings. The quantitative estimate of drug-likeness (QED) is 0.154. The monoisotopic (exact) mass is 504 g/mol. The molecular formula is C18H32O16. The third-order valence-corrected chi connectivity index (χ3v) is 6.07. The zero-order valence-corrected chi connectivity index (χ0v) is 17.7. The summed E-state index contributed by atoms with van der Waals surface area (Å²) in [7, 11) is 0. The molecule has 0 amide bonds. The Hall–Kier alpha value is -0.640. The normalized spacial score (nSPS) is 52.5. The first-order valence-corrected chi connectivity index (χ1v) is 10.6. The van der Waals surface area contributed by atoms with Gasteiger partial charge in [0, 0.05) is 0 Å². The summed E-state index contributed by atoms with van der Waals surface area (Å²) in [5.74, 6) is 0. The molecule has 0 aromatic heterocycles. The second-order valence-electron chi connectivity index (χ2n) is 8.37. The summed E-state index contributed by atoms with van der Waals surface area (Å²) >= 11 is 0. The van der Waals surface area contributed by atoms with Crippen LogP contribution in [0.4, 0.5) is 0 Å². The highest BCUT2D eigenvalue weighted by Gasteiger charge is 2.51. The molecule has 0 saturated carbocycles. The Morgan fingerprint density at radius 2 is 1.03 bits per heavy atom. The minimum Gasteiger partial charge on any atom is -0.394 e. The van der Waals surface area contributed by atoms with Crippen molar-refractivity contribution in [3.8, 4) is 0 Å². The van der Waals surface area contributed by atoms with Crippen molar-refractivity contribution in [3.05, 3.63) is 0 Å². The minimum atomic E-state index is -1.87. The van der Waals surface area contributed by atoms with Crippen LogP contribution >= 0.6 is 0 Å². The van der Waals surface area contributed by atoms with E-state index in [9.17, 15) is 56.2 Å². The van der Waals surface area contributed by atoms with E-state index in [-0.39, 0.29) is 0 Å². The Balaban J connectivity index is 1.66. The molecule has 3 fully saturated rings. The van der Waals surface area contributed by atoms with Gasteiger partial charge < -0.3 is 79.9 Å². The molecule has 0 aromatic rings. The Bertz CT molecular complexity index is 637. The van der Waals surface area contributed by atoms with Gasteiger partial charge in [-0.1, -0.05) is 0 Å². The zero-order chi connectivity index (χ0) is 25.3. The van der Waals surface area contributed by atoms with Gasteiger partial charge in [-0.2, -0.15) is 0 Å². The predicted molar refractivity (Wildman–Crippen MR) is 101 cm³/mol. The van der Waals surface area contributed by atoms with Crippen LogP contribution in [0, 0.1) is 0 Å². The Morgan fingerprint density at radius 3 is 1.62 bits per heavy atom. The number of aliphatic hydroxyl groups is 11. The molecule has 3 saturated heterocycles. The van der Waals surface area contributed by atoms with Gasteiger partial charge in [-0.3, -0.25) is 0 Å². The molecule has 16 heteroatoms. The minimum absolute atomic E-state index is 0.609. The lowest BCUT2D eigenvalue weighted by molar-refractivity contribution is -0.362. The first-order chi connectivity index (χ1) is 16.0. The summed E-state index contributed by atoms with van der Waals surface area (Å²) in [6.07, 6.45) is -24.9. The van der Waals surface area contributed by atoms with Crippen molar-refractivity contribution in [2.24, 2.45) is 0 Å². The number of hydrogen-bond acceptors (Lipinski definition) is 16. The summed E-state index contributed by atoms with van der Waals surface area (Å²) < 4.78 is 26.3. The average Bonchev–Trinajstić information content (AvgIpc) is 2.82. The fraction of sp³-hybridized carbons (Fsp3) is 1.00. The third-order valence-electron chi connectivity index (χ3n) is 6.07. The lowest BCUT2D eigenvalue weighted by Crippen LogP contribution is -2.65. The maximum atomic E-state index is 10.3. The van der Waals surface area contributed by atoms with Crippen molar-refractivity contribution in [2.75, 3.05) is 19.8 Å². The lowest BCUT2D eigenvalue weighted by Gasteiger charge is -2.45. The molecule has 0 spiro atoms. The molecule has 34 heavy (non-hydrogen) atoms. The van der Waals surface area contributed by atoms with Gasteiger partial charge in [0.15, 0.2) is 18.9 Å². The van der Waals surface area contributed by atoms with Crippen LogP contribution in [0.15, 0.2) is 0 Å². The van der Waals surface area contributed by atoms with Gasteiger partial charge in [-0.15, -0.1) is 0 Å². The second-order valence-corrected chi connectivity index (χ2v) is 8.37. The maximum Gasteiger partial charge on any atom is 0.187 e. The highest BCUT2D eigenvalue weighted by molar-refractivity contribution is 4.94. The molecule has 3 rings (SSSR count). The van der Waals surface area contributed by atoms with Gasteiger partial charge >= 0.3 is 0 Å². The Kier molecular flexibility index (Phi) is 9.54. The largest absolute Gasteiger partial charge is 0.394 e. The van der Waals surface area contributed by atoms with E-state index in [1.54, 1.807) is 0 Å². The Labute approximate surface area is 192 Å². The molecule has 15 atom stereocenters. The van der Waals surface area contributed by atoms with Gasteiger partial charge in [0.2, 0.25) is 0 Å². The van der Waals surface area contributed by atoms with Crippen molar-refractivity contribution in [1.29, 1.82) is 0 Å². The predicted octanol–water partition coefficient (Wildman–Crippen LogP) is -7.57. The first kappa shape index (κ1) is 27.9. The molecule has 0 aromatic carbocycles. The molecule has 3 aliphatic heterocycles. The zero-order valence-electron chi connectivity index (χ0n) is 17.7. The number of hydrogen-bond donors (Lipinski definition) is 11. The summed E-state index contributed by atoms with van der Waals surface area (Å²) in [5, 5.41) is 109. The van der Waals surface area contributed by atoms with Crippen LogP contribution in [0.25, 0.3) is 0 Å². The molecule has 3 heterocycles. The van der Waals surface area contributed by atoms with Crippen LogP contribution in [-0.4, -0.2) is 168 Å². The number of ether oxygens (including phenoxy) is 5. The highest BCUT2D eigenvalue weighted by atomic mass is 16.7. The third kappa shape index (κ3) is 5.52. The molecule has 0 aliphatic carbocycles. The van der Waals surface area contributed by atoms with Crippen molar-refractivity contribution in [2.45, 2.75) is 92.1 Å². The molecule has 0 radical (unpaired) electrons. The van der Waals surface area contributed by atoms with Crippen LogP contribution in [-0.2, 0) is 23.7 Å². The van der Waals surface area contributed by atoms with E-state index >= 15 is 0 Å². The summed E-state index contributed by atoms with van der Waals surface area (Å²) in [5.41, 5.74) is 0. The molecule has 0 bridgehead atoms.